The van der Waals surface area contributed by atoms with Gasteiger partial charge in [-0.3, -0.25) is 4.79 Å². The number of fused-ring (bicyclic) bond motifs is 1. The highest BCUT2D eigenvalue weighted by molar-refractivity contribution is 6.09. The topological polar surface area (TPSA) is 81.9 Å². The van der Waals surface area contributed by atoms with Crippen LogP contribution in [0.3, 0.4) is 0 Å². The Labute approximate surface area is 149 Å². The first-order valence-corrected chi connectivity index (χ1v) is 8.01. The van der Waals surface area contributed by atoms with E-state index < -0.39 is 0 Å². The second-order valence-electron chi connectivity index (χ2n) is 5.70. The third kappa shape index (κ3) is 3.10. The Kier molecular flexibility index (Phi) is 4.03. The first-order chi connectivity index (χ1) is 12.7. The summed E-state index contributed by atoms with van der Waals surface area (Å²) in [4.78, 5) is 12.7. The van der Waals surface area contributed by atoms with E-state index >= 15 is 0 Å². The molecule has 4 rings (SSSR count). The zero-order chi connectivity index (χ0) is 17.9. The van der Waals surface area contributed by atoms with Crippen LogP contribution in [0.15, 0.2) is 66.4 Å². The summed E-state index contributed by atoms with van der Waals surface area (Å²) in [6.07, 6.45) is 4.95. The molecule has 2 aromatic carbocycles. The van der Waals surface area contributed by atoms with Crippen molar-refractivity contribution in [2.75, 3.05) is 5.32 Å². The summed E-state index contributed by atoms with van der Waals surface area (Å²) in [5.74, 6) is 1.14. The van der Waals surface area contributed by atoms with Gasteiger partial charge >= 0.3 is 0 Å². The molecule has 0 fully saturated rings. The molecule has 0 bridgehead atoms. The van der Waals surface area contributed by atoms with Gasteiger partial charge in [0.1, 0.15) is 5.75 Å². The molecule has 0 unspecified atom stereocenters. The van der Waals surface area contributed by atoms with Crippen LogP contribution in [0.1, 0.15) is 11.4 Å². The van der Waals surface area contributed by atoms with E-state index in [0.717, 1.165) is 11.3 Å². The second-order valence-corrected chi connectivity index (χ2v) is 5.70. The number of rotatable bonds is 3. The molecule has 1 amide bonds. The molecule has 0 radical (unpaired) electrons. The molecule has 1 N–H and O–H groups in total. The van der Waals surface area contributed by atoms with Crippen molar-refractivity contribution in [3.8, 4) is 11.4 Å². The Balaban J connectivity index is 1.59. The summed E-state index contributed by atoms with van der Waals surface area (Å²) in [7, 11) is 0. The van der Waals surface area contributed by atoms with Gasteiger partial charge in [-0.1, -0.05) is 24.3 Å². The molecule has 7 heteroatoms. The summed E-state index contributed by atoms with van der Waals surface area (Å²) >= 11 is 0. The van der Waals surface area contributed by atoms with Crippen LogP contribution in [-0.2, 0) is 4.79 Å². The van der Waals surface area contributed by atoms with Crippen molar-refractivity contribution in [3.05, 3.63) is 77.8 Å². The smallest absolute Gasteiger partial charge is 0.255 e. The Morgan fingerprint density at radius 1 is 1.15 bits per heavy atom. The molecule has 0 spiro atoms. The van der Waals surface area contributed by atoms with Gasteiger partial charge in [0.2, 0.25) is 0 Å². The number of benzene rings is 2. The fraction of sp³-hybridized carbons (Fsp3) is 0.0526. The third-order valence-corrected chi connectivity index (χ3v) is 3.91. The largest absolute Gasteiger partial charge is 0.464 e. The Morgan fingerprint density at radius 3 is 2.88 bits per heavy atom. The highest BCUT2D eigenvalue weighted by Gasteiger charge is 2.12. The summed E-state index contributed by atoms with van der Waals surface area (Å²) in [6, 6.07) is 14.9. The maximum Gasteiger partial charge on any atom is 0.255 e. The number of amides is 1. The van der Waals surface area contributed by atoms with Crippen molar-refractivity contribution < 1.29 is 9.53 Å². The summed E-state index contributed by atoms with van der Waals surface area (Å²) < 4.78 is 7.12. The zero-order valence-electron chi connectivity index (χ0n) is 14.0. The van der Waals surface area contributed by atoms with Gasteiger partial charge in [-0.25, -0.2) is 0 Å². The molecule has 26 heavy (non-hydrogen) atoms. The number of tetrazole rings is 1. The molecule has 1 aliphatic heterocycles. The van der Waals surface area contributed by atoms with Crippen molar-refractivity contribution in [2.45, 2.75) is 6.92 Å². The average molecular weight is 345 g/mol. The predicted octanol–water partition coefficient (Wildman–Crippen LogP) is 2.90. The van der Waals surface area contributed by atoms with Gasteiger partial charge in [0.15, 0.2) is 5.82 Å². The van der Waals surface area contributed by atoms with Crippen molar-refractivity contribution in [3.63, 3.8) is 0 Å². The number of anilines is 1. The number of nitrogens with one attached hydrogen (secondary N) is 1. The van der Waals surface area contributed by atoms with Gasteiger partial charge in [-0.15, -0.1) is 5.10 Å². The molecule has 128 valence electrons. The molecular weight excluding hydrogens is 330 g/mol. The van der Waals surface area contributed by atoms with Gasteiger partial charge in [0.25, 0.3) is 5.91 Å². The highest BCUT2D eigenvalue weighted by Crippen LogP contribution is 2.25. The number of aromatic nitrogens is 4. The van der Waals surface area contributed by atoms with Crippen molar-refractivity contribution >= 4 is 17.7 Å². The maximum absolute atomic E-state index is 12.7. The Hall–Kier alpha value is -3.74. The van der Waals surface area contributed by atoms with Gasteiger partial charge < -0.3 is 10.1 Å². The minimum Gasteiger partial charge on any atom is -0.464 e. The zero-order valence-corrected chi connectivity index (χ0v) is 14.0. The van der Waals surface area contributed by atoms with Crippen LogP contribution in [0.25, 0.3) is 11.8 Å². The number of hydrogen-bond donors (Lipinski definition) is 1. The Morgan fingerprint density at radius 2 is 2.04 bits per heavy atom. The minimum absolute atomic E-state index is 0.229. The van der Waals surface area contributed by atoms with Gasteiger partial charge in [0, 0.05) is 16.8 Å². The number of nitrogens with zero attached hydrogens (tertiary/aromatic N) is 4. The molecule has 0 saturated heterocycles. The number of aryl methyl sites for hydroxylation is 1. The van der Waals surface area contributed by atoms with E-state index in [1.54, 1.807) is 16.8 Å². The number of carbonyl (C=O) groups excluding carboxylic acids is 1. The van der Waals surface area contributed by atoms with Crippen LogP contribution >= 0.6 is 0 Å². The fourth-order valence-electron chi connectivity index (χ4n) is 2.63. The molecule has 7 nitrogen and oxygen atoms in total. The fourth-order valence-corrected chi connectivity index (χ4v) is 2.63. The summed E-state index contributed by atoms with van der Waals surface area (Å²) in [6.45, 7) is 1.81. The lowest BCUT2D eigenvalue weighted by Crippen LogP contribution is -2.13. The molecule has 3 aromatic rings. The predicted molar refractivity (Wildman–Crippen MR) is 96.7 cm³/mol. The lowest BCUT2D eigenvalue weighted by Gasteiger charge is -2.08. The monoisotopic (exact) mass is 345 g/mol. The second kappa shape index (κ2) is 6.64. The van der Waals surface area contributed by atoms with Crippen LogP contribution in [0.2, 0.25) is 0 Å². The van der Waals surface area contributed by atoms with E-state index in [1.807, 2.05) is 55.5 Å². The van der Waals surface area contributed by atoms with E-state index in [1.165, 1.54) is 6.26 Å². The lowest BCUT2D eigenvalue weighted by atomic mass is 10.1. The van der Waals surface area contributed by atoms with E-state index in [-0.39, 0.29) is 5.91 Å². The van der Waals surface area contributed by atoms with Crippen molar-refractivity contribution in [1.29, 1.82) is 0 Å². The molecular formula is C19H15N5O2. The molecule has 0 saturated carbocycles. The first-order valence-electron chi connectivity index (χ1n) is 8.01. The molecule has 2 heterocycles. The van der Waals surface area contributed by atoms with E-state index in [2.05, 4.69) is 20.8 Å². The van der Waals surface area contributed by atoms with Crippen LogP contribution in [0.4, 0.5) is 5.69 Å². The lowest BCUT2D eigenvalue weighted by molar-refractivity contribution is -0.112. The SMILES string of the molecule is Cc1nnnn1-c1cccc(NC(=O)C2=Cc3ccccc3OC=C2)c1. The van der Waals surface area contributed by atoms with Crippen LogP contribution in [0, 0.1) is 6.92 Å². The maximum atomic E-state index is 12.7. The van der Waals surface area contributed by atoms with E-state index in [4.69, 9.17) is 4.74 Å². The van der Waals surface area contributed by atoms with Crippen LogP contribution in [-0.4, -0.2) is 26.1 Å². The molecule has 1 aliphatic rings. The number of hydrogen-bond acceptors (Lipinski definition) is 5. The third-order valence-electron chi connectivity index (χ3n) is 3.91. The van der Waals surface area contributed by atoms with Crippen LogP contribution in [0.5, 0.6) is 5.75 Å². The molecule has 1 aromatic heterocycles. The van der Waals surface area contributed by atoms with E-state index in [0.29, 0.717) is 22.8 Å². The van der Waals surface area contributed by atoms with Crippen molar-refractivity contribution in [1.82, 2.24) is 20.2 Å². The van der Waals surface area contributed by atoms with E-state index in [9.17, 15) is 4.79 Å². The highest BCUT2D eigenvalue weighted by atomic mass is 16.5. The van der Waals surface area contributed by atoms with Crippen LogP contribution < -0.4 is 10.1 Å². The number of para-hydroxylation sites is 1. The molecule has 0 atom stereocenters. The Bertz CT molecular complexity index is 1040. The number of ether oxygens (including phenoxy) is 1. The van der Waals surface area contributed by atoms with Gasteiger partial charge in [-0.2, -0.15) is 4.68 Å². The normalized spacial score (nSPS) is 12.6. The molecule has 0 aliphatic carbocycles. The first kappa shape index (κ1) is 15.8. The minimum atomic E-state index is -0.229. The summed E-state index contributed by atoms with van der Waals surface area (Å²) in [5, 5.41) is 14.3. The quantitative estimate of drug-likeness (QED) is 0.789. The standard InChI is InChI=1S/C19H15N5O2/c1-13-21-22-23-24(13)17-7-4-6-16(12-17)20-19(25)15-9-10-26-18-8-3-2-5-14(18)11-15/h2-12H,1H3,(H,20,25). The average Bonchev–Trinajstić information content (AvgIpc) is 2.96. The summed E-state index contributed by atoms with van der Waals surface area (Å²) in [5.41, 5.74) is 2.76. The number of carbonyl (C=O) groups is 1. The van der Waals surface area contributed by atoms with Gasteiger partial charge in [0.05, 0.1) is 11.9 Å². The van der Waals surface area contributed by atoms with Gasteiger partial charge in [-0.05, 0) is 53.8 Å². The van der Waals surface area contributed by atoms with Crippen molar-refractivity contribution in [2.24, 2.45) is 0 Å².